The lowest BCUT2D eigenvalue weighted by atomic mass is 9.89. The van der Waals surface area contributed by atoms with Crippen LogP contribution in [0.3, 0.4) is 0 Å². The number of rotatable bonds is 4. The number of nitrogens with zero attached hydrogens (tertiary/aromatic N) is 2. The van der Waals surface area contributed by atoms with Gasteiger partial charge in [-0.2, -0.15) is 0 Å². The van der Waals surface area contributed by atoms with Gasteiger partial charge in [0.15, 0.2) is 5.16 Å². The highest BCUT2D eigenvalue weighted by molar-refractivity contribution is 8.00. The summed E-state index contributed by atoms with van der Waals surface area (Å²) in [7, 11) is 1.38. The van der Waals surface area contributed by atoms with Gasteiger partial charge in [0.05, 0.1) is 18.2 Å². The van der Waals surface area contributed by atoms with Gasteiger partial charge >= 0.3 is 5.97 Å². The van der Waals surface area contributed by atoms with E-state index in [4.69, 9.17) is 9.72 Å². The van der Waals surface area contributed by atoms with Crippen molar-refractivity contribution in [3.63, 3.8) is 0 Å². The van der Waals surface area contributed by atoms with Crippen molar-refractivity contribution in [1.29, 1.82) is 0 Å². The Labute approximate surface area is 184 Å². The summed E-state index contributed by atoms with van der Waals surface area (Å²) in [5, 5.41) is 0.814. The molecule has 0 bridgehead atoms. The van der Waals surface area contributed by atoms with Crippen LogP contribution in [0.4, 0.5) is 0 Å². The Morgan fingerprint density at radius 3 is 2.87 bits per heavy atom. The highest BCUT2D eigenvalue weighted by Crippen LogP contribution is 2.37. The molecule has 5 nitrogen and oxygen atoms in total. The summed E-state index contributed by atoms with van der Waals surface area (Å²) in [5.74, 6) is 0.293. The molecule has 1 aliphatic carbocycles. The Hall–Kier alpha value is -2.12. The van der Waals surface area contributed by atoms with Crippen LogP contribution in [0.15, 0.2) is 28.2 Å². The second-order valence-electron chi connectivity index (χ2n) is 8.14. The summed E-state index contributed by atoms with van der Waals surface area (Å²) in [6, 6.07) is 6.07. The number of aromatic nitrogens is 2. The molecule has 0 amide bonds. The molecule has 7 heteroatoms. The van der Waals surface area contributed by atoms with E-state index in [0.29, 0.717) is 11.1 Å². The number of ether oxygens (including phenoxy) is 1. The number of esters is 1. The van der Waals surface area contributed by atoms with E-state index < -0.39 is 5.25 Å². The number of carbonyl (C=O) groups is 1. The molecule has 0 unspecified atom stereocenters. The molecule has 0 radical (unpaired) electrons. The maximum absolute atomic E-state index is 13.8. The lowest BCUT2D eigenvalue weighted by Gasteiger charge is -2.18. The molecular weight excluding hydrogens is 416 g/mol. The Morgan fingerprint density at radius 2 is 2.13 bits per heavy atom. The van der Waals surface area contributed by atoms with Crippen LogP contribution < -0.4 is 5.56 Å². The molecule has 0 aliphatic heterocycles. The van der Waals surface area contributed by atoms with E-state index in [2.05, 4.69) is 6.92 Å². The zero-order valence-corrected chi connectivity index (χ0v) is 19.6. The largest absolute Gasteiger partial charge is 0.468 e. The van der Waals surface area contributed by atoms with Gasteiger partial charge in [0.2, 0.25) is 0 Å². The fourth-order valence-corrected chi connectivity index (χ4v) is 6.37. The number of thiophene rings is 1. The van der Waals surface area contributed by atoms with Crippen LogP contribution in [-0.2, 0) is 22.4 Å². The van der Waals surface area contributed by atoms with E-state index in [1.54, 1.807) is 22.8 Å². The van der Waals surface area contributed by atoms with E-state index in [1.165, 1.54) is 29.3 Å². The molecule has 2 aromatic heterocycles. The number of methoxy groups -OCH3 is 1. The minimum absolute atomic E-state index is 0.0414. The van der Waals surface area contributed by atoms with Crippen molar-refractivity contribution in [2.45, 2.75) is 57.4 Å². The predicted molar refractivity (Wildman–Crippen MR) is 123 cm³/mol. The third-order valence-corrected chi connectivity index (χ3v) is 7.90. The first-order valence-electron chi connectivity index (χ1n) is 10.2. The van der Waals surface area contributed by atoms with Crippen LogP contribution in [-0.4, -0.2) is 27.9 Å². The van der Waals surface area contributed by atoms with Crippen molar-refractivity contribution in [1.82, 2.24) is 9.55 Å². The molecule has 0 N–H and O–H groups in total. The molecule has 4 rings (SSSR count). The van der Waals surface area contributed by atoms with Gasteiger partial charge in [-0.25, -0.2) is 4.98 Å². The molecule has 158 valence electrons. The van der Waals surface area contributed by atoms with Gasteiger partial charge in [-0.15, -0.1) is 11.3 Å². The summed E-state index contributed by atoms with van der Waals surface area (Å²) in [6.07, 6.45) is 3.02. The first kappa shape index (κ1) is 21.1. The zero-order chi connectivity index (χ0) is 21.6. The Bertz CT molecular complexity index is 1200. The molecule has 1 aromatic carbocycles. The van der Waals surface area contributed by atoms with Crippen molar-refractivity contribution in [2.24, 2.45) is 5.92 Å². The molecule has 3 aromatic rings. The van der Waals surface area contributed by atoms with Gasteiger partial charge in [-0.05, 0) is 68.7 Å². The van der Waals surface area contributed by atoms with E-state index in [1.807, 2.05) is 32.0 Å². The summed E-state index contributed by atoms with van der Waals surface area (Å²) in [6.45, 7) is 8.04. The number of thioether (sulfide) groups is 1. The molecule has 2 heterocycles. The SMILES string of the molecule is COC(=O)[C@@H](C)Sc1nc2sc3c(c2c(=O)n1-c1cc(C)ccc1C)CC[C@H](C)C3. The third-order valence-electron chi connectivity index (χ3n) is 5.72. The van der Waals surface area contributed by atoms with Crippen molar-refractivity contribution < 1.29 is 9.53 Å². The van der Waals surface area contributed by atoms with E-state index in [-0.39, 0.29) is 11.5 Å². The van der Waals surface area contributed by atoms with Gasteiger partial charge in [0.1, 0.15) is 10.1 Å². The third kappa shape index (κ3) is 3.69. The molecule has 1 aliphatic rings. The van der Waals surface area contributed by atoms with Gasteiger partial charge in [0, 0.05) is 4.88 Å². The van der Waals surface area contributed by atoms with Crippen LogP contribution in [0.5, 0.6) is 0 Å². The monoisotopic (exact) mass is 442 g/mol. The number of carbonyl (C=O) groups excluding carboxylic acids is 1. The number of aryl methyl sites for hydroxylation is 3. The topological polar surface area (TPSA) is 61.2 Å². The molecule has 0 spiro atoms. The Morgan fingerprint density at radius 1 is 1.37 bits per heavy atom. The Kier molecular flexibility index (Phi) is 5.77. The van der Waals surface area contributed by atoms with Crippen LogP contribution in [0.1, 0.15) is 41.8 Å². The number of hydrogen-bond donors (Lipinski definition) is 0. The summed E-state index contributed by atoms with van der Waals surface area (Å²) in [5.41, 5.74) is 4.01. The second kappa shape index (κ2) is 8.19. The number of hydrogen-bond acceptors (Lipinski definition) is 6. The van der Waals surface area contributed by atoms with Gasteiger partial charge in [-0.3, -0.25) is 14.2 Å². The lowest BCUT2D eigenvalue weighted by molar-refractivity contribution is -0.139. The first-order valence-corrected chi connectivity index (χ1v) is 11.9. The zero-order valence-electron chi connectivity index (χ0n) is 17.9. The van der Waals surface area contributed by atoms with Crippen molar-refractivity contribution in [3.8, 4) is 5.69 Å². The van der Waals surface area contributed by atoms with Crippen LogP contribution in [0.25, 0.3) is 15.9 Å². The quantitative estimate of drug-likeness (QED) is 0.329. The smallest absolute Gasteiger partial charge is 0.318 e. The molecule has 2 atom stereocenters. The van der Waals surface area contributed by atoms with E-state index >= 15 is 0 Å². The van der Waals surface area contributed by atoms with E-state index in [9.17, 15) is 9.59 Å². The normalized spacial score (nSPS) is 17.0. The predicted octanol–water partition coefficient (Wildman–Crippen LogP) is 4.84. The van der Waals surface area contributed by atoms with Crippen LogP contribution in [0, 0.1) is 19.8 Å². The standard InChI is InChI=1S/C23H26N2O3S2/c1-12-6-8-14(3)17(10-12)25-21(26)19-16-9-7-13(2)11-18(16)30-20(19)24-23(25)29-15(4)22(27)28-5/h6,8,10,13,15H,7,9,11H2,1-5H3/t13-,15+/m0/s1. The molecule has 0 saturated carbocycles. The van der Waals surface area contributed by atoms with Gasteiger partial charge < -0.3 is 4.74 Å². The van der Waals surface area contributed by atoms with Crippen molar-refractivity contribution >= 4 is 39.3 Å². The van der Waals surface area contributed by atoms with Crippen molar-refractivity contribution in [3.05, 3.63) is 50.1 Å². The van der Waals surface area contributed by atoms with Gasteiger partial charge in [-0.1, -0.05) is 30.8 Å². The summed E-state index contributed by atoms with van der Waals surface area (Å²) >= 11 is 2.90. The fraction of sp³-hybridized carbons (Fsp3) is 0.435. The number of benzene rings is 1. The van der Waals surface area contributed by atoms with Crippen LogP contribution >= 0.6 is 23.1 Å². The average Bonchev–Trinajstić information content (AvgIpc) is 3.07. The highest BCUT2D eigenvalue weighted by Gasteiger charge is 2.27. The maximum atomic E-state index is 13.8. The summed E-state index contributed by atoms with van der Waals surface area (Å²) < 4.78 is 6.59. The first-order chi connectivity index (χ1) is 14.3. The molecule has 30 heavy (non-hydrogen) atoms. The Balaban J connectivity index is 1.99. The maximum Gasteiger partial charge on any atom is 0.318 e. The van der Waals surface area contributed by atoms with E-state index in [0.717, 1.165) is 46.3 Å². The lowest BCUT2D eigenvalue weighted by Crippen LogP contribution is -2.25. The minimum Gasteiger partial charge on any atom is -0.468 e. The molecular formula is C23H26N2O3S2. The second-order valence-corrected chi connectivity index (χ2v) is 10.5. The fourth-order valence-electron chi connectivity index (χ4n) is 4.00. The molecule has 0 fully saturated rings. The highest BCUT2D eigenvalue weighted by atomic mass is 32.2. The summed E-state index contributed by atoms with van der Waals surface area (Å²) in [4.78, 5) is 32.9. The van der Waals surface area contributed by atoms with Crippen LogP contribution in [0.2, 0.25) is 0 Å². The van der Waals surface area contributed by atoms with Crippen molar-refractivity contribution in [2.75, 3.05) is 7.11 Å². The minimum atomic E-state index is -0.467. The molecule has 0 saturated heterocycles. The van der Waals surface area contributed by atoms with Gasteiger partial charge in [0.25, 0.3) is 5.56 Å². The number of fused-ring (bicyclic) bond motifs is 3. The average molecular weight is 443 g/mol.